The number of hydrogen-bond donors (Lipinski definition) is 1. The monoisotopic (exact) mass is 442 g/mol. The van der Waals surface area contributed by atoms with Crippen molar-refractivity contribution in [2.24, 2.45) is 5.14 Å². The Morgan fingerprint density at radius 3 is 2.55 bits per heavy atom. The Balaban J connectivity index is 1.95. The first kappa shape index (κ1) is 20.7. The summed E-state index contributed by atoms with van der Waals surface area (Å²) in [6.45, 7) is 1.86. The predicted octanol–water partition coefficient (Wildman–Crippen LogP) is 2.37. The molecule has 1 heterocycles. The molecule has 1 aromatic heterocycles. The van der Waals surface area contributed by atoms with E-state index in [1.165, 1.54) is 41.1 Å². The van der Waals surface area contributed by atoms with Crippen molar-refractivity contribution in [1.82, 2.24) is 9.78 Å². The van der Waals surface area contributed by atoms with Gasteiger partial charge in [-0.1, -0.05) is 6.07 Å². The van der Waals surface area contributed by atoms with Crippen molar-refractivity contribution in [3.05, 3.63) is 69.4 Å². The first-order chi connectivity index (χ1) is 14.7. The second-order valence-electron chi connectivity index (χ2n) is 6.95. The maximum Gasteiger partial charge on any atom is 0.359 e. The van der Waals surface area contributed by atoms with Gasteiger partial charge in [-0.2, -0.15) is 5.10 Å². The number of aryl methyl sites for hydroxylation is 1. The van der Waals surface area contributed by atoms with Gasteiger partial charge >= 0.3 is 5.97 Å². The SMILES string of the molecule is CCOC(=O)c1nn(-c2ccc(S(N)(=O)=O)cc2)c2c1CCc1ccc([N+](=O)[O-])cc1-2. The number of sulfonamides is 1. The standard InChI is InChI=1S/C20H18N4O6S/c1-2-30-20(25)18-16-10-4-12-3-5-14(24(26)27)11-17(12)19(16)23(22-18)13-6-8-15(9-7-13)31(21,28)29/h3,5-9,11H,2,4,10H2,1H3,(H2,21,28,29). The predicted molar refractivity (Wildman–Crippen MR) is 110 cm³/mol. The summed E-state index contributed by atoms with van der Waals surface area (Å²) >= 11 is 0. The third-order valence-corrected chi connectivity index (χ3v) is 6.00. The average Bonchev–Trinajstić information content (AvgIpc) is 3.13. The number of nitrogens with two attached hydrogens (primary N) is 1. The van der Waals surface area contributed by atoms with Gasteiger partial charge in [-0.05, 0) is 49.6 Å². The van der Waals surface area contributed by atoms with Crippen molar-refractivity contribution in [3.63, 3.8) is 0 Å². The number of fused-ring (bicyclic) bond motifs is 3. The molecule has 31 heavy (non-hydrogen) atoms. The zero-order valence-electron chi connectivity index (χ0n) is 16.4. The quantitative estimate of drug-likeness (QED) is 0.362. The number of ether oxygens (including phenoxy) is 1. The smallest absolute Gasteiger partial charge is 0.359 e. The maximum atomic E-state index is 12.5. The molecule has 1 aliphatic rings. The van der Waals surface area contributed by atoms with Crippen LogP contribution in [0.4, 0.5) is 5.69 Å². The molecule has 4 rings (SSSR count). The number of nitro benzene ring substituents is 1. The highest BCUT2D eigenvalue weighted by atomic mass is 32.2. The lowest BCUT2D eigenvalue weighted by molar-refractivity contribution is -0.384. The summed E-state index contributed by atoms with van der Waals surface area (Å²) in [5.74, 6) is -0.590. The molecular weight excluding hydrogens is 424 g/mol. The van der Waals surface area contributed by atoms with Crippen LogP contribution < -0.4 is 5.14 Å². The van der Waals surface area contributed by atoms with E-state index in [4.69, 9.17) is 9.88 Å². The van der Waals surface area contributed by atoms with Crippen molar-refractivity contribution in [2.75, 3.05) is 6.61 Å². The van der Waals surface area contributed by atoms with Crippen LogP contribution in [-0.2, 0) is 27.6 Å². The molecule has 0 fully saturated rings. The van der Waals surface area contributed by atoms with Gasteiger partial charge in [0.2, 0.25) is 10.0 Å². The molecule has 3 aromatic rings. The molecular formula is C20H18N4O6S. The molecule has 0 atom stereocenters. The highest BCUT2D eigenvalue weighted by Crippen LogP contribution is 2.39. The molecule has 1 aliphatic carbocycles. The first-order valence-corrected chi connectivity index (χ1v) is 10.9. The molecule has 2 N–H and O–H groups in total. The normalized spacial score (nSPS) is 12.7. The van der Waals surface area contributed by atoms with E-state index in [0.29, 0.717) is 35.3 Å². The van der Waals surface area contributed by atoms with Crippen LogP contribution in [0.2, 0.25) is 0 Å². The fraction of sp³-hybridized carbons (Fsp3) is 0.200. The van der Waals surface area contributed by atoms with Crippen LogP contribution in [0.3, 0.4) is 0 Å². The van der Waals surface area contributed by atoms with E-state index in [9.17, 15) is 23.3 Å². The van der Waals surface area contributed by atoms with Gasteiger partial charge in [-0.25, -0.2) is 23.0 Å². The number of non-ortho nitro benzene ring substituents is 1. The molecule has 11 heteroatoms. The van der Waals surface area contributed by atoms with Crippen molar-refractivity contribution < 1.29 is 22.9 Å². The van der Waals surface area contributed by atoms with E-state index in [1.807, 2.05) is 0 Å². The number of esters is 1. The van der Waals surface area contributed by atoms with Gasteiger partial charge in [0.25, 0.3) is 5.69 Å². The fourth-order valence-corrected chi connectivity index (χ4v) is 4.18. The van der Waals surface area contributed by atoms with E-state index in [1.54, 1.807) is 13.0 Å². The van der Waals surface area contributed by atoms with E-state index in [2.05, 4.69) is 5.10 Å². The Labute approximate surface area is 177 Å². The van der Waals surface area contributed by atoms with Crippen LogP contribution in [0.5, 0.6) is 0 Å². The first-order valence-electron chi connectivity index (χ1n) is 9.40. The molecule has 0 unspecified atom stereocenters. The molecule has 0 aliphatic heterocycles. The number of primary sulfonamides is 1. The summed E-state index contributed by atoms with van der Waals surface area (Å²) in [6.07, 6.45) is 1.09. The lowest BCUT2D eigenvalue weighted by Crippen LogP contribution is -2.12. The second kappa shape index (κ2) is 7.60. The fourth-order valence-electron chi connectivity index (χ4n) is 3.67. The number of nitrogens with zero attached hydrogens (tertiary/aromatic N) is 3. The van der Waals surface area contributed by atoms with Gasteiger partial charge in [-0.15, -0.1) is 0 Å². The summed E-state index contributed by atoms with van der Waals surface area (Å²) in [5, 5.41) is 20.9. The van der Waals surface area contributed by atoms with E-state index in [-0.39, 0.29) is 22.9 Å². The topological polar surface area (TPSA) is 147 Å². The number of rotatable bonds is 5. The molecule has 0 spiro atoms. The van der Waals surface area contributed by atoms with Gasteiger partial charge in [-0.3, -0.25) is 10.1 Å². The zero-order valence-corrected chi connectivity index (χ0v) is 17.3. The Kier molecular flexibility index (Phi) is 5.07. The third kappa shape index (κ3) is 3.68. The summed E-state index contributed by atoms with van der Waals surface area (Å²) in [6, 6.07) is 10.3. The Bertz CT molecular complexity index is 1310. The highest BCUT2D eigenvalue weighted by Gasteiger charge is 2.30. The minimum atomic E-state index is -3.88. The highest BCUT2D eigenvalue weighted by molar-refractivity contribution is 7.89. The molecule has 0 bridgehead atoms. The summed E-state index contributed by atoms with van der Waals surface area (Å²) in [4.78, 5) is 23.3. The Morgan fingerprint density at radius 1 is 1.23 bits per heavy atom. The molecule has 0 saturated heterocycles. The largest absolute Gasteiger partial charge is 0.461 e. The van der Waals surface area contributed by atoms with Gasteiger partial charge in [0.1, 0.15) is 0 Å². The minimum absolute atomic E-state index is 0.0704. The van der Waals surface area contributed by atoms with Crippen molar-refractivity contribution in [2.45, 2.75) is 24.7 Å². The lowest BCUT2D eigenvalue weighted by Gasteiger charge is -2.18. The van der Waals surface area contributed by atoms with E-state index < -0.39 is 20.9 Å². The second-order valence-corrected chi connectivity index (χ2v) is 8.51. The molecule has 10 nitrogen and oxygen atoms in total. The van der Waals surface area contributed by atoms with Crippen LogP contribution in [0.1, 0.15) is 28.5 Å². The summed E-state index contributed by atoms with van der Waals surface area (Å²) in [7, 11) is -3.88. The lowest BCUT2D eigenvalue weighted by atomic mass is 9.88. The molecule has 2 aromatic carbocycles. The molecule has 0 radical (unpaired) electrons. The average molecular weight is 442 g/mol. The van der Waals surface area contributed by atoms with E-state index in [0.717, 1.165) is 5.56 Å². The van der Waals surface area contributed by atoms with Crippen molar-refractivity contribution in [1.29, 1.82) is 0 Å². The number of aromatic nitrogens is 2. The number of nitro groups is 1. The van der Waals surface area contributed by atoms with E-state index >= 15 is 0 Å². The summed E-state index contributed by atoms with van der Waals surface area (Å²) in [5.41, 5.74) is 3.16. The van der Waals surface area contributed by atoms with Crippen LogP contribution >= 0.6 is 0 Å². The number of hydrogen-bond acceptors (Lipinski definition) is 7. The molecule has 0 saturated carbocycles. The summed E-state index contributed by atoms with van der Waals surface area (Å²) < 4.78 is 29.8. The number of carbonyl (C=O) groups is 1. The van der Waals surface area contributed by atoms with Crippen LogP contribution in [0.25, 0.3) is 16.9 Å². The Morgan fingerprint density at radius 2 is 1.94 bits per heavy atom. The van der Waals surface area contributed by atoms with Crippen molar-refractivity contribution >= 4 is 21.7 Å². The van der Waals surface area contributed by atoms with Crippen molar-refractivity contribution in [3.8, 4) is 16.9 Å². The molecule has 0 amide bonds. The van der Waals surface area contributed by atoms with Gasteiger partial charge in [0.05, 0.1) is 27.8 Å². The Hall–Kier alpha value is -3.57. The zero-order chi connectivity index (χ0) is 22.3. The van der Waals surface area contributed by atoms with Gasteiger partial charge in [0.15, 0.2) is 5.69 Å². The maximum absolute atomic E-state index is 12.5. The van der Waals surface area contributed by atoms with Crippen LogP contribution in [0.15, 0.2) is 47.4 Å². The minimum Gasteiger partial charge on any atom is -0.461 e. The van der Waals surface area contributed by atoms with Gasteiger partial charge < -0.3 is 4.74 Å². The molecule has 160 valence electrons. The third-order valence-electron chi connectivity index (χ3n) is 5.07. The number of carbonyl (C=O) groups excluding carboxylic acids is 1. The number of benzene rings is 2. The van der Waals surface area contributed by atoms with Crippen LogP contribution in [0, 0.1) is 10.1 Å². The van der Waals surface area contributed by atoms with Gasteiger partial charge in [0, 0.05) is 23.3 Å². The van der Waals surface area contributed by atoms with Crippen LogP contribution in [-0.4, -0.2) is 35.7 Å².